The number of nitrogens with zero attached hydrogens (tertiary/aromatic N) is 1. The van der Waals surface area contributed by atoms with Crippen LogP contribution >= 0.6 is 0 Å². The molecule has 5 nitrogen and oxygen atoms in total. The maximum absolute atomic E-state index is 12.7. The Labute approximate surface area is 169 Å². The van der Waals surface area contributed by atoms with Crippen LogP contribution in [0.15, 0.2) is 30.3 Å². The number of benzene rings is 1. The lowest BCUT2D eigenvalue weighted by molar-refractivity contribution is -0.00795. The van der Waals surface area contributed by atoms with Gasteiger partial charge in [0.15, 0.2) is 0 Å². The molecule has 3 atom stereocenters. The topological polar surface area (TPSA) is 64.6 Å². The van der Waals surface area contributed by atoms with Gasteiger partial charge in [0.1, 0.15) is 0 Å². The number of amides is 2. The highest BCUT2D eigenvalue weighted by Gasteiger charge is 2.50. The van der Waals surface area contributed by atoms with Gasteiger partial charge in [-0.15, -0.1) is 0 Å². The highest BCUT2D eigenvalue weighted by Crippen LogP contribution is 2.41. The van der Waals surface area contributed by atoms with Crippen LogP contribution in [0.25, 0.3) is 5.57 Å². The van der Waals surface area contributed by atoms with Crippen LogP contribution in [-0.4, -0.2) is 53.9 Å². The number of carbonyl (C=O) groups is 1. The second kappa shape index (κ2) is 9.57. The maximum Gasteiger partial charge on any atom is 0.318 e. The molecule has 154 valence electrons. The molecule has 0 unspecified atom stereocenters. The van der Waals surface area contributed by atoms with Crippen molar-refractivity contribution in [1.82, 2.24) is 15.5 Å². The zero-order chi connectivity index (χ0) is 20.1. The lowest BCUT2D eigenvalue weighted by Gasteiger charge is -2.55. The summed E-state index contributed by atoms with van der Waals surface area (Å²) in [6.45, 7) is 7.64. The smallest absolute Gasteiger partial charge is 0.318 e. The molecule has 1 aromatic carbocycles. The summed E-state index contributed by atoms with van der Waals surface area (Å²) in [6, 6.07) is 8.94. The van der Waals surface area contributed by atoms with Crippen molar-refractivity contribution in [3.05, 3.63) is 41.5 Å². The maximum atomic E-state index is 12.7. The quantitative estimate of drug-likeness (QED) is 0.642. The van der Waals surface area contributed by atoms with E-state index in [1.807, 2.05) is 11.8 Å². The molecule has 0 saturated carbocycles. The number of nitrogens with one attached hydrogen (secondary N) is 2. The number of rotatable bonds is 8. The molecular formula is C23H35N3O2. The highest BCUT2D eigenvalue weighted by molar-refractivity contribution is 5.77. The van der Waals surface area contributed by atoms with E-state index >= 15 is 0 Å². The zero-order valence-electron chi connectivity index (χ0n) is 17.4. The highest BCUT2D eigenvalue weighted by atomic mass is 16.3. The molecule has 3 rings (SSSR count). The van der Waals surface area contributed by atoms with Crippen molar-refractivity contribution in [2.45, 2.75) is 70.5 Å². The van der Waals surface area contributed by atoms with E-state index in [0.29, 0.717) is 12.6 Å². The summed E-state index contributed by atoms with van der Waals surface area (Å²) in [7, 11) is 0. The Morgan fingerprint density at radius 2 is 2.00 bits per heavy atom. The van der Waals surface area contributed by atoms with Gasteiger partial charge in [0.2, 0.25) is 0 Å². The number of carbonyl (C=O) groups excluding carboxylic acids is 1. The van der Waals surface area contributed by atoms with Crippen LogP contribution < -0.4 is 10.6 Å². The molecule has 1 saturated heterocycles. The molecule has 2 aliphatic rings. The number of hydrogen-bond donors (Lipinski definition) is 3. The van der Waals surface area contributed by atoms with Crippen LogP contribution in [0.2, 0.25) is 0 Å². The first-order valence-electron chi connectivity index (χ1n) is 10.8. The lowest BCUT2D eigenvalue weighted by Crippen LogP contribution is -2.70. The van der Waals surface area contributed by atoms with Gasteiger partial charge < -0.3 is 20.6 Å². The summed E-state index contributed by atoms with van der Waals surface area (Å²) in [5, 5.41) is 16.5. The van der Waals surface area contributed by atoms with Gasteiger partial charge in [0.25, 0.3) is 0 Å². The third-order valence-electron chi connectivity index (χ3n) is 5.93. The van der Waals surface area contributed by atoms with Crippen molar-refractivity contribution in [1.29, 1.82) is 0 Å². The summed E-state index contributed by atoms with van der Waals surface area (Å²) in [5.41, 5.74) is 3.95. The van der Waals surface area contributed by atoms with E-state index in [2.05, 4.69) is 54.8 Å². The predicted octanol–water partition coefficient (Wildman–Crippen LogP) is 3.50. The normalized spacial score (nSPS) is 24.2. The molecule has 1 aliphatic heterocycles. The second-order valence-corrected chi connectivity index (χ2v) is 8.29. The molecule has 1 aromatic rings. The largest absolute Gasteiger partial charge is 0.394 e. The van der Waals surface area contributed by atoms with Gasteiger partial charge >= 0.3 is 6.03 Å². The van der Waals surface area contributed by atoms with Gasteiger partial charge in [-0.2, -0.15) is 0 Å². The third kappa shape index (κ3) is 4.41. The summed E-state index contributed by atoms with van der Waals surface area (Å²) in [6.07, 6.45) is 6.82. The Kier molecular flexibility index (Phi) is 7.13. The van der Waals surface area contributed by atoms with E-state index in [-0.39, 0.29) is 30.6 Å². The molecule has 2 amide bonds. The number of allylic oxidation sites excluding steroid dienone is 2. The SMILES string of the molecule is CCCNC(=O)N1[C@H](CO)[C@H](c2ccc(C3=CCCC3)cc2)[C@@H]1CNC(C)C. The number of likely N-dealkylation sites (tertiary alicyclic amines) is 1. The molecule has 1 heterocycles. The van der Waals surface area contributed by atoms with Crippen molar-refractivity contribution in [3.63, 3.8) is 0 Å². The van der Waals surface area contributed by atoms with Crippen molar-refractivity contribution in [2.24, 2.45) is 0 Å². The minimum absolute atomic E-state index is 0.0186. The average molecular weight is 386 g/mol. The van der Waals surface area contributed by atoms with Crippen molar-refractivity contribution >= 4 is 11.6 Å². The van der Waals surface area contributed by atoms with Gasteiger partial charge in [0, 0.05) is 25.0 Å². The fourth-order valence-corrected chi connectivity index (χ4v) is 4.45. The number of aliphatic hydroxyl groups is 1. The molecule has 3 N–H and O–H groups in total. The molecule has 0 aromatic heterocycles. The van der Waals surface area contributed by atoms with Crippen molar-refractivity contribution in [3.8, 4) is 0 Å². The zero-order valence-corrected chi connectivity index (χ0v) is 17.4. The van der Waals surface area contributed by atoms with E-state index in [0.717, 1.165) is 19.4 Å². The summed E-state index contributed by atoms with van der Waals surface area (Å²) < 4.78 is 0. The van der Waals surface area contributed by atoms with Gasteiger partial charge in [-0.1, -0.05) is 51.1 Å². The van der Waals surface area contributed by atoms with Crippen molar-refractivity contribution in [2.75, 3.05) is 19.7 Å². The Morgan fingerprint density at radius 3 is 2.57 bits per heavy atom. The van der Waals surface area contributed by atoms with E-state index in [1.54, 1.807) is 0 Å². The molecule has 0 radical (unpaired) electrons. The number of hydrogen-bond acceptors (Lipinski definition) is 3. The van der Waals surface area contributed by atoms with Gasteiger partial charge in [-0.3, -0.25) is 0 Å². The van der Waals surface area contributed by atoms with Crippen LogP contribution in [-0.2, 0) is 0 Å². The number of urea groups is 1. The first-order chi connectivity index (χ1) is 13.6. The van der Waals surface area contributed by atoms with Gasteiger partial charge in [0.05, 0.1) is 18.7 Å². The van der Waals surface area contributed by atoms with E-state index in [4.69, 9.17) is 0 Å². The van der Waals surface area contributed by atoms with E-state index in [1.165, 1.54) is 29.5 Å². The first kappa shape index (κ1) is 20.9. The second-order valence-electron chi connectivity index (χ2n) is 8.29. The van der Waals surface area contributed by atoms with Gasteiger partial charge in [-0.05, 0) is 42.4 Å². The van der Waals surface area contributed by atoms with Crippen LogP contribution in [0.1, 0.15) is 63.5 Å². The molecule has 1 aliphatic carbocycles. The molecule has 1 fully saturated rings. The fraction of sp³-hybridized carbons (Fsp3) is 0.609. The Hall–Kier alpha value is -1.85. The minimum atomic E-state index is -0.174. The van der Waals surface area contributed by atoms with E-state index < -0.39 is 0 Å². The van der Waals surface area contributed by atoms with Crippen LogP contribution in [0.5, 0.6) is 0 Å². The lowest BCUT2D eigenvalue weighted by atomic mass is 9.75. The predicted molar refractivity (Wildman–Crippen MR) is 114 cm³/mol. The number of aliphatic hydroxyl groups excluding tert-OH is 1. The van der Waals surface area contributed by atoms with Crippen LogP contribution in [0.3, 0.4) is 0 Å². The van der Waals surface area contributed by atoms with Gasteiger partial charge in [-0.25, -0.2) is 4.79 Å². The third-order valence-corrected chi connectivity index (χ3v) is 5.93. The van der Waals surface area contributed by atoms with Crippen LogP contribution in [0, 0.1) is 0 Å². The molecular weight excluding hydrogens is 350 g/mol. The minimum Gasteiger partial charge on any atom is -0.394 e. The molecule has 0 spiro atoms. The fourth-order valence-electron chi connectivity index (χ4n) is 4.45. The van der Waals surface area contributed by atoms with Crippen LogP contribution in [0.4, 0.5) is 4.79 Å². The standard InChI is InChI=1S/C23H35N3O2/c1-4-13-24-23(28)26-20(14-25-16(2)3)22(21(26)15-27)19-11-9-18(10-12-19)17-7-5-6-8-17/h7,9-12,16,20-22,25,27H,4-6,8,13-15H2,1-3H3,(H,24,28)/t20-,21+,22+/m0/s1. The average Bonchev–Trinajstić information content (AvgIpc) is 3.21. The molecule has 28 heavy (non-hydrogen) atoms. The Morgan fingerprint density at radius 1 is 1.25 bits per heavy atom. The summed E-state index contributed by atoms with van der Waals surface area (Å²) in [5.74, 6) is 0.148. The first-order valence-corrected chi connectivity index (χ1v) is 10.8. The molecule has 0 bridgehead atoms. The van der Waals surface area contributed by atoms with E-state index in [9.17, 15) is 9.90 Å². The Bertz CT molecular complexity index is 684. The van der Waals surface area contributed by atoms with Crippen molar-refractivity contribution < 1.29 is 9.90 Å². The summed E-state index contributed by atoms with van der Waals surface area (Å²) >= 11 is 0. The molecule has 5 heteroatoms. The monoisotopic (exact) mass is 385 g/mol. The Balaban J connectivity index is 1.79. The summed E-state index contributed by atoms with van der Waals surface area (Å²) in [4.78, 5) is 14.5.